The van der Waals surface area contributed by atoms with Gasteiger partial charge in [-0.2, -0.15) is 0 Å². The molecule has 0 saturated heterocycles. The third kappa shape index (κ3) is 267000. The van der Waals surface area contributed by atoms with Crippen LogP contribution in [0.5, 0.6) is 0 Å². The Morgan fingerprint density at radius 3 is 0.385 bits per heavy atom. The van der Waals surface area contributed by atoms with Crippen molar-refractivity contribution in [1.29, 1.82) is 0 Å². The van der Waals surface area contributed by atoms with Crippen molar-refractivity contribution in [2.75, 3.05) is 0 Å². The predicted octanol–water partition coefficient (Wildman–Crippen LogP) is -14.8. The van der Waals surface area contributed by atoms with Gasteiger partial charge < -0.3 is 96.6 Å². The van der Waals surface area contributed by atoms with E-state index in [0.717, 1.165) is 0 Å². The quantitative estimate of drug-likeness (QED) is 0.256. The van der Waals surface area contributed by atoms with Crippen LogP contribution in [0.25, 0.3) is 0 Å². The normalized spacial score (nSPS) is 3.69. The first-order valence-electron chi connectivity index (χ1n) is 2.45. The molecule has 0 amide bonds. The van der Waals surface area contributed by atoms with Crippen LogP contribution in [0.4, 0.5) is 0 Å². The molecule has 0 rings (SSSR count). The van der Waals surface area contributed by atoms with Crippen molar-refractivity contribution < 1.29 is 78.1 Å². The molecule has 0 aliphatic carbocycles. The van der Waals surface area contributed by atoms with E-state index >= 15 is 0 Å². The third-order valence-electron chi connectivity index (χ3n) is 0. The molecule has 0 aromatic heterocycles. The van der Waals surface area contributed by atoms with Crippen LogP contribution in [0.15, 0.2) is 0 Å². The maximum Gasteiger partial charge on any atom is 3.00 e. The zero-order valence-electron chi connectivity index (χ0n) is 12.7. The van der Waals surface area contributed by atoms with Gasteiger partial charge >= 0.3 is 52.1 Å². The molecule has 0 radical (unpaired) electrons. The maximum atomic E-state index is 8.52. The van der Waals surface area contributed by atoms with Gasteiger partial charge in [0.05, 0.1) is 0 Å². The van der Waals surface area contributed by atoms with Gasteiger partial charge in [-0.1, -0.05) is 0 Å². The minimum atomic E-state index is -3.63. The SMILES string of the molecule is N.N.N.O.O.O.O=[Si]([O-])[O-].O=[Si]([O-])[O-].O=[Si]([O-])[O-].O=[Si]([O-])[O-].[Al+3].[Al+3].[Al+3].[OH-]. The second-order valence-electron chi connectivity index (χ2n) is 1.00. The molecule has 0 heterocycles. The van der Waals surface area contributed by atoms with E-state index in [2.05, 4.69) is 0 Å². The standard InChI is InChI=1S/3Al.3H3N.4O3Si.4H2O/c;;;;;;4*1-4(2)3;;;;/h;;;3*1H3;;;;;4*1H2/q3*+3;;;;4*-2;;;;/p-1. The smallest absolute Gasteiger partial charge is 0.870 e. The van der Waals surface area contributed by atoms with E-state index in [-0.39, 0.29) is 92.4 Å². The summed E-state index contributed by atoms with van der Waals surface area (Å²) in [5.74, 6) is 0. The monoisotopic (exact) mass is 507 g/mol. The Kier molecular flexibility index (Phi) is 443. The molecule has 0 aliphatic rings. The largest absolute Gasteiger partial charge is 3.00 e. The van der Waals surface area contributed by atoms with E-state index in [4.69, 9.17) is 56.2 Å². The maximum absolute atomic E-state index is 8.52. The van der Waals surface area contributed by atoms with Crippen molar-refractivity contribution in [3.8, 4) is 0 Å². The average Bonchev–Trinajstić information content (AvgIpc) is 1.76. The van der Waals surface area contributed by atoms with Crippen LogP contribution in [0.3, 0.4) is 0 Å². The Morgan fingerprint density at radius 2 is 0.385 bits per heavy atom. The van der Waals surface area contributed by atoms with Gasteiger partial charge in [0.1, 0.15) is 0 Å². The van der Waals surface area contributed by atoms with Gasteiger partial charge in [-0.15, -0.1) is 0 Å². The minimum absolute atomic E-state index is 0. The van der Waals surface area contributed by atoms with E-state index in [1.807, 2.05) is 0 Å². The molecule has 0 fully saturated rings. The Labute approximate surface area is 185 Å². The molecule has 0 aromatic carbocycles. The van der Waals surface area contributed by atoms with Gasteiger partial charge in [0.25, 0.3) is 0 Å². The van der Waals surface area contributed by atoms with Crippen molar-refractivity contribution in [2.45, 2.75) is 0 Å². The summed E-state index contributed by atoms with van der Waals surface area (Å²) in [5.41, 5.74) is 0. The summed E-state index contributed by atoms with van der Waals surface area (Å²) in [6.45, 7) is 0. The molecule has 0 atom stereocenters. The topological polar surface area (TPSA) is 482 Å². The average molecular weight is 507 g/mol. The summed E-state index contributed by atoms with van der Waals surface area (Å²) in [4.78, 5) is 68.1. The van der Waals surface area contributed by atoms with Crippen LogP contribution < -0.4 is 56.8 Å². The first kappa shape index (κ1) is 114. The van der Waals surface area contributed by atoms with Crippen molar-refractivity contribution in [3.63, 3.8) is 0 Å². The molecule has 0 aliphatic heterocycles. The zero-order chi connectivity index (χ0) is 14.3. The number of rotatable bonds is 0. The van der Waals surface area contributed by atoms with E-state index in [1.54, 1.807) is 0 Å². The number of hydrogen-bond acceptors (Lipinski definition) is 16. The first-order valence-corrected chi connectivity index (χ1v) is 7.35. The van der Waals surface area contributed by atoms with Crippen molar-refractivity contribution in [2.24, 2.45) is 0 Å². The summed E-state index contributed by atoms with van der Waals surface area (Å²) in [6.07, 6.45) is 0. The van der Waals surface area contributed by atoms with Gasteiger partial charge in [0.2, 0.25) is 0 Å². The Balaban J connectivity index is -0.00000000545. The fourth-order valence-electron chi connectivity index (χ4n) is 0. The summed E-state index contributed by atoms with van der Waals surface area (Å²) < 4.78 is 34.1. The third-order valence-corrected chi connectivity index (χ3v) is 0. The van der Waals surface area contributed by atoms with Gasteiger partial charge in [-0.25, -0.2) is 0 Å². The van der Waals surface area contributed by atoms with E-state index in [9.17, 15) is 0 Å². The molecular formula is H16Al3N3O16Si4. The summed E-state index contributed by atoms with van der Waals surface area (Å²) in [6, 6.07) is 0. The predicted molar refractivity (Wildman–Crippen MR) is 70.9 cm³/mol. The second kappa shape index (κ2) is 101. The first-order chi connectivity index (χ1) is 6.93. The fourth-order valence-corrected chi connectivity index (χ4v) is 0. The second-order valence-corrected chi connectivity index (χ2v) is 3.00. The summed E-state index contributed by atoms with van der Waals surface area (Å²) in [7, 11) is -14.5. The molecular weight excluding hydrogens is 491 g/mol. The molecule has 0 saturated carbocycles. The van der Waals surface area contributed by atoms with E-state index < -0.39 is 36.7 Å². The van der Waals surface area contributed by atoms with Gasteiger partial charge in [-0.05, 0) is 0 Å². The Bertz CT molecular complexity index is 181. The van der Waals surface area contributed by atoms with E-state index in [1.165, 1.54) is 0 Å². The van der Waals surface area contributed by atoms with Gasteiger partial charge in [0, 0.05) is 36.7 Å². The molecule has 0 aromatic rings. The van der Waals surface area contributed by atoms with Crippen LogP contribution in [-0.4, -0.2) is 111 Å². The molecule has 19 nitrogen and oxygen atoms in total. The molecule has 0 spiro atoms. The van der Waals surface area contributed by atoms with E-state index in [0.29, 0.717) is 0 Å². The molecule has 16 N–H and O–H groups in total. The van der Waals surface area contributed by atoms with Crippen molar-refractivity contribution >= 4 is 88.8 Å². The number of hydrogen-bond donors (Lipinski definition) is 3. The summed E-state index contributed by atoms with van der Waals surface area (Å²) in [5, 5.41) is 0. The minimum Gasteiger partial charge on any atom is -0.870 e. The molecule has 0 bridgehead atoms. The fraction of sp³-hybridized carbons (Fsp3) is 0. The summed E-state index contributed by atoms with van der Waals surface area (Å²) >= 11 is 0. The molecule has 152 valence electrons. The van der Waals surface area contributed by atoms with Crippen LogP contribution >= 0.6 is 0 Å². The molecule has 0 unspecified atom stereocenters. The van der Waals surface area contributed by atoms with Gasteiger partial charge in [0.15, 0.2) is 0 Å². The Hall–Kier alpha value is -0.215. The molecule has 26 heteroatoms. The molecule has 26 heavy (non-hydrogen) atoms. The Morgan fingerprint density at radius 1 is 0.385 bits per heavy atom. The van der Waals surface area contributed by atoms with Crippen molar-refractivity contribution in [3.05, 3.63) is 0 Å². The van der Waals surface area contributed by atoms with Crippen molar-refractivity contribution in [1.82, 2.24) is 18.5 Å². The van der Waals surface area contributed by atoms with Crippen LogP contribution in [0.1, 0.15) is 0 Å². The van der Waals surface area contributed by atoms with Crippen LogP contribution in [-0.2, 0) is 17.8 Å². The van der Waals surface area contributed by atoms with Crippen LogP contribution in [0, 0.1) is 0 Å². The van der Waals surface area contributed by atoms with Gasteiger partial charge in [-0.3, -0.25) is 0 Å². The zero-order valence-corrected chi connectivity index (χ0v) is 20.2. The van der Waals surface area contributed by atoms with Crippen LogP contribution in [0.2, 0.25) is 0 Å².